The van der Waals surface area contributed by atoms with Gasteiger partial charge in [0.05, 0.1) is 30.4 Å². The minimum absolute atomic E-state index is 0.145. The van der Waals surface area contributed by atoms with E-state index in [4.69, 9.17) is 9.47 Å². The van der Waals surface area contributed by atoms with Gasteiger partial charge in [-0.05, 0) is 61.4 Å². The highest BCUT2D eigenvalue weighted by Gasteiger charge is 2.33. The van der Waals surface area contributed by atoms with Crippen LogP contribution in [0.5, 0.6) is 11.5 Å². The van der Waals surface area contributed by atoms with Crippen molar-refractivity contribution >= 4 is 21.6 Å². The van der Waals surface area contributed by atoms with Crippen LogP contribution in [0.25, 0.3) is 0 Å². The molecule has 0 bridgehead atoms. The molecule has 1 N–H and O–H groups in total. The average molecular weight is 537 g/mol. The molecule has 0 heterocycles. The summed E-state index contributed by atoms with van der Waals surface area (Å²) in [7, 11) is -1.33. The Balaban J connectivity index is 1.82. The highest BCUT2D eigenvalue weighted by molar-refractivity contribution is 7.92. The number of ether oxygens (including phenoxy) is 2. The molecule has 0 radical (unpaired) electrons. The maximum atomic E-state index is 13.4. The van der Waals surface area contributed by atoms with Crippen LogP contribution in [0.3, 0.4) is 0 Å². The van der Waals surface area contributed by atoms with E-state index in [2.05, 4.69) is 5.32 Å². The molecule has 0 saturated heterocycles. The van der Waals surface area contributed by atoms with Gasteiger partial charge in [-0.2, -0.15) is 13.2 Å². The SMILES string of the molecule is COc1ccc(CCNC(=O)CN(c2cccc(C(F)(F)F)c2)S(=O)(=O)c2ccc(C)cc2)cc1OC. The lowest BCUT2D eigenvalue weighted by Crippen LogP contribution is -2.41. The predicted octanol–water partition coefficient (Wildman–Crippen LogP) is 4.59. The number of methoxy groups -OCH3 is 2. The molecule has 11 heteroatoms. The van der Waals surface area contributed by atoms with Crippen molar-refractivity contribution in [3.8, 4) is 11.5 Å². The largest absolute Gasteiger partial charge is 0.493 e. The van der Waals surface area contributed by atoms with Crippen molar-refractivity contribution < 1.29 is 35.9 Å². The number of amides is 1. The summed E-state index contributed by atoms with van der Waals surface area (Å²) in [6.45, 7) is 1.23. The number of hydrogen-bond donors (Lipinski definition) is 1. The predicted molar refractivity (Wildman–Crippen MR) is 133 cm³/mol. The van der Waals surface area contributed by atoms with E-state index in [1.807, 2.05) is 0 Å². The molecule has 0 saturated carbocycles. The Labute approximate surface area is 213 Å². The highest BCUT2D eigenvalue weighted by Crippen LogP contribution is 2.33. The number of halogens is 3. The standard InChI is InChI=1S/C26H27F3N2O5S/c1-18-7-10-22(11-8-18)37(33,34)31(21-6-4-5-20(16-21)26(27,28)29)17-25(32)30-14-13-19-9-12-23(35-2)24(15-19)36-3/h4-12,15-16H,13-14,17H2,1-3H3,(H,30,32). The van der Waals surface area contributed by atoms with Crippen molar-refractivity contribution in [3.63, 3.8) is 0 Å². The molecule has 3 aromatic carbocycles. The Bertz CT molecular complexity index is 1340. The van der Waals surface area contributed by atoms with Gasteiger partial charge in [0.25, 0.3) is 10.0 Å². The lowest BCUT2D eigenvalue weighted by Gasteiger charge is -2.25. The van der Waals surface area contributed by atoms with Gasteiger partial charge in [0, 0.05) is 6.54 Å². The van der Waals surface area contributed by atoms with Crippen LogP contribution in [0.2, 0.25) is 0 Å². The molecular weight excluding hydrogens is 509 g/mol. The van der Waals surface area contributed by atoms with Gasteiger partial charge < -0.3 is 14.8 Å². The van der Waals surface area contributed by atoms with E-state index in [1.165, 1.54) is 32.4 Å². The highest BCUT2D eigenvalue weighted by atomic mass is 32.2. The van der Waals surface area contributed by atoms with Gasteiger partial charge in [-0.25, -0.2) is 8.42 Å². The molecule has 0 aliphatic carbocycles. The number of benzene rings is 3. The van der Waals surface area contributed by atoms with Gasteiger partial charge in [0.15, 0.2) is 11.5 Å². The Kier molecular flexibility index (Phi) is 8.69. The van der Waals surface area contributed by atoms with Gasteiger partial charge >= 0.3 is 6.18 Å². The summed E-state index contributed by atoms with van der Waals surface area (Å²) in [6, 6.07) is 15.0. The van der Waals surface area contributed by atoms with Gasteiger partial charge in [-0.1, -0.05) is 29.8 Å². The van der Waals surface area contributed by atoms with Crippen molar-refractivity contribution in [2.45, 2.75) is 24.4 Å². The lowest BCUT2D eigenvalue weighted by atomic mass is 10.1. The first kappa shape index (κ1) is 27.9. The summed E-state index contributed by atoms with van der Waals surface area (Å²) in [6.07, 6.45) is -4.28. The van der Waals surface area contributed by atoms with E-state index in [0.29, 0.717) is 28.3 Å². The molecule has 0 fully saturated rings. The summed E-state index contributed by atoms with van der Waals surface area (Å²) in [5.41, 5.74) is 0.339. The number of hydrogen-bond acceptors (Lipinski definition) is 5. The second kappa shape index (κ2) is 11.5. The summed E-state index contributed by atoms with van der Waals surface area (Å²) in [5, 5.41) is 2.64. The van der Waals surface area contributed by atoms with E-state index in [1.54, 1.807) is 37.3 Å². The van der Waals surface area contributed by atoms with E-state index in [9.17, 15) is 26.4 Å². The minimum Gasteiger partial charge on any atom is -0.493 e. The quantitative estimate of drug-likeness (QED) is 0.410. The molecule has 1 amide bonds. The first-order chi connectivity index (χ1) is 17.5. The number of carbonyl (C=O) groups excluding carboxylic acids is 1. The van der Waals surface area contributed by atoms with Gasteiger partial charge in [-0.3, -0.25) is 9.10 Å². The van der Waals surface area contributed by atoms with E-state index in [-0.39, 0.29) is 17.1 Å². The number of aryl methyl sites for hydroxylation is 1. The molecule has 0 aromatic heterocycles. The molecular formula is C26H27F3N2O5S. The first-order valence-corrected chi connectivity index (χ1v) is 12.6. The fraction of sp³-hybridized carbons (Fsp3) is 0.269. The molecule has 0 aliphatic rings. The Morgan fingerprint density at radius 1 is 0.946 bits per heavy atom. The lowest BCUT2D eigenvalue weighted by molar-refractivity contribution is -0.137. The van der Waals surface area contributed by atoms with Gasteiger partial charge in [-0.15, -0.1) is 0 Å². The summed E-state index contributed by atoms with van der Waals surface area (Å²) < 4.78 is 77.9. The summed E-state index contributed by atoms with van der Waals surface area (Å²) in [5.74, 6) is 0.396. The smallest absolute Gasteiger partial charge is 0.416 e. The van der Waals surface area contributed by atoms with Crippen LogP contribution in [0, 0.1) is 6.92 Å². The van der Waals surface area contributed by atoms with Crippen LogP contribution >= 0.6 is 0 Å². The minimum atomic E-state index is -4.68. The van der Waals surface area contributed by atoms with E-state index < -0.39 is 34.2 Å². The van der Waals surface area contributed by atoms with Crippen LogP contribution < -0.4 is 19.1 Å². The summed E-state index contributed by atoms with van der Waals surface area (Å²) in [4.78, 5) is 12.6. The first-order valence-electron chi connectivity index (χ1n) is 11.2. The zero-order chi connectivity index (χ0) is 27.2. The zero-order valence-electron chi connectivity index (χ0n) is 20.5. The number of carbonyl (C=O) groups is 1. The second-order valence-electron chi connectivity index (χ2n) is 8.16. The zero-order valence-corrected chi connectivity index (χ0v) is 21.3. The fourth-order valence-corrected chi connectivity index (χ4v) is 4.97. The third kappa shape index (κ3) is 6.94. The topological polar surface area (TPSA) is 84.9 Å². The van der Waals surface area contributed by atoms with E-state index in [0.717, 1.165) is 23.3 Å². The van der Waals surface area contributed by atoms with Crippen molar-refractivity contribution in [1.82, 2.24) is 5.32 Å². The monoisotopic (exact) mass is 536 g/mol. The number of sulfonamides is 1. The maximum Gasteiger partial charge on any atom is 0.416 e. The summed E-state index contributed by atoms with van der Waals surface area (Å²) >= 11 is 0. The molecule has 3 rings (SSSR count). The van der Waals surface area contributed by atoms with Crippen LogP contribution in [-0.2, 0) is 27.4 Å². The Morgan fingerprint density at radius 3 is 2.24 bits per heavy atom. The molecule has 7 nitrogen and oxygen atoms in total. The van der Waals surface area contributed by atoms with Crippen molar-refractivity contribution in [2.24, 2.45) is 0 Å². The average Bonchev–Trinajstić information content (AvgIpc) is 2.87. The molecule has 0 spiro atoms. The number of nitrogens with zero attached hydrogens (tertiary/aromatic N) is 1. The molecule has 3 aromatic rings. The number of alkyl halides is 3. The van der Waals surface area contributed by atoms with Crippen LogP contribution in [-0.4, -0.2) is 41.6 Å². The van der Waals surface area contributed by atoms with Crippen LogP contribution in [0.1, 0.15) is 16.7 Å². The van der Waals surface area contributed by atoms with Crippen molar-refractivity contribution in [1.29, 1.82) is 0 Å². The van der Waals surface area contributed by atoms with Crippen molar-refractivity contribution in [2.75, 3.05) is 31.6 Å². The van der Waals surface area contributed by atoms with Gasteiger partial charge in [0.2, 0.25) is 5.91 Å². The molecule has 0 aliphatic heterocycles. The normalized spacial score (nSPS) is 11.6. The number of nitrogens with one attached hydrogen (secondary N) is 1. The second-order valence-corrected chi connectivity index (χ2v) is 10.0. The van der Waals surface area contributed by atoms with Crippen LogP contribution in [0.15, 0.2) is 71.6 Å². The number of anilines is 1. The van der Waals surface area contributed by atoms with Crippen molar-refractivity contribution in [3.05, 3.63) is 83.4 Å². The molecule has 0 atom stereocenters. The molecule has 37 heavy (non-hydrogen) atoms. The molecule has 0 unspecified atom stereocenters. The van der Waals surface area contributed by atoms with Crippen LogP contribution in [0.4, 0.5) is 18.9 Å². The third-order valence-corrected chi connectivity index (χ3v) is 7.33. The number of rotatable bonds is 10. The maximum absolute atomic E-state index is 13.4. The Hall–Kier alpha value is -3.73. The Morgan fingerprint density at radius 2 is 1.62 bits per heavy atom. The third-order valence-electron chi connectivity index (χ3n) is 5.54. The van der Waals surface area contributed by atoms with E-state index >= 15 is 0 Å². The van der Waals surface area contributed by atoms with Gasteiger partial charge in [0.1, 0.15) is 6.54 Å². The molecule has 198 valence electrons. The fourth-order valence-electron chi connectivity index (χ4n) is 3.56.